The van der Waals surface area contributed by atoms with E-state index in [-0.39, 0.29) is 5.91 Å². The Morgan fingerprint density at radius 1 is 1.50 bits per heavy atom. The first-order chi connectivity index (χ1) is 8.47. The number of hydrogen-bond acceptors (Lipinski definition) is 2. The number of aryl methyl sites for hydroxylation is 2. The quantitative estimate of drug-likeness (QED) is 0.859. The zero-order valence-corrected chi connectivity index (χ0v) is 12.2. The van der Waals surface area contributed by atoms with E-state index in [1.165, 1.54) is 0 Å². The molecule has 2 aromatic rings. The van der Waals surface area contributed by atoms with Crippen LogP contribution in [0, 0.1) is 6.92 Å². The van der Waals surface area contributed by atoms with Gasteiger partial charge in [-0.3, -0.25) is 4.79 Å². The van der Waals surface area contributed by atoms with Gasteiger partial charge in [0.1, 0.15) is 10.8 Å². The van der Waals surface area contributed by atoms with Crippen LogP contribution >= 0.6 is 27.5 Å². The van der Waals surface area contributed by atoms with E-state index in [1.54, 1.807) is 29.7 Å². The number of nitrogens with one attached hydrogen (secondary N) is 1. The molecule has 6 heteroatoms. The molecular formula is C12H11BrClN3O. The minimum absolute atomic E-state index is 0.185. The van der Waals surface area contributed by atoms with Crippen molar-refractivity contribution >= 4 is 39.1 Å². The standard InChI is InChI=1S/C12H11BrClN3O/c1-7-9(3-4-11(14)15-7)16-12(18)10-5-8(13)6-17(10)2/h3-6H,1-2H3,(H,16,18). The molecule has 18 heavy (non-hydrogen) atoms. The van der Waals surface area contributed by atoms with Crippen LogP contribution in [0.25, 0.3) is 0 Å². The van der Waals surface area contributed by atoms with Crippen LogP contribution in [-0.4, -0.2) is 15.5 Å². The molecule has 0 aliphatic heterocycles. The van der Waals surface area contributed by atoms with Gasteiger partial charge in [-0.25, -0.2) is 4.98 Å². The molecule has 1 N–H and O–H groups in total. The highest BCUT2D eigenvalue weighted by molar-refractivity contribution is 9.10. The van der Waals surface area contributed by atoms with Crippen molar-refractivity contribution in [2.45, 2.75) is 6.92 Å². The van der Waals surface area contributed by atoms with Crippen molar-refractivity contribution in [2.24, 2.45) is 7.05 Å². The van der Waals surface area contributed by atoms with Crippen molar-refractivity contribution in [1.29, 1.82) is 0 Å². The average molecular weight is 329 g/mol. The number of amides is 1. The molecule has 0 saturated carbocycles. The van der Waals surface area contributed by atoms with Crippen LogP contribution in [0.5, 0.6) is 0 Å². The molecule has 0 radical (unpaired) electrons. The fraction of sp³-hybridized carbons (Fsp3) is 0.167. The van der Waals surface area contributed by atoms with E-state index >= 15 is 0 Å². The van der Waals surface area contributed by atoms with Crippen LogP contribution in [0.2, 0.25) is 5.15 Å². The topological polar surface area (TPSA) is 46.9 Å². The van der Waals surface area contributed by atoms with Gasteiger partial charge in [-0.15, -0.1) is 0 Å². The van der Waals surface area contributed by atoms with Crippen LogP contribution in [0.3, 0.4) is 0 Å². The third kappa shape index (κ3) is 2.73. The van der Waals surface area contributed by atoms with Crippen LogP contribution in [0.1, 0.15) is 16.2 Å². The van der Waals surface area contributed by atoms with E-state index in [0.717, 1.165) is 4.47 Å². The fourth-order valence-electron chi connectivity index (χ4n) is 1.60. The van der Waals surface area contributed by atoms with Crippen molar-refractivity contribution in [3.8, 4) is 0 Å². The Labute approximate surface area is 118 Å². The van der Waals surface area contributed by atoms with E-state index < -0.39 is 0 Å². The van der Waals surface area contributed by atoms with Gasteiger partial charge in [0.2, 0.25) is 0 Å². The molecule has 1 amide bonds. The second-order valence-electron chi connectivity index (χ2n) is 3.88. The van der Waals surface area contributed by atoms with Crippen molar-refractivity contribution in [3.05, 3.63) is 45.4 Å². The molecule has 2 aromatic heterocycles. The summed E-state index contributed by atoms with van der Waals surface area (Å²) in [6.07, 6.45) is 1.82. The Balaban J connectivity index is 2.24. The molecule has 0 aliphatic rings. The van der Waals surface area contributed by atoms with Gasteiger partial charge in [0.25, 0.3) is 5.91 Å². The van der Waals surface area contributed by atoms with Crippen molar-refractivity contribution in [1.82, 2.24) is 9.55 Å². The van der Waals surface area contributed by atoms with Crippen LogP contribution in [0.4, 0.5) is 5.69 Å². The lowest BCUT2D eigenvalue weighted by molar-refractivity contribution is 0.101. The number of carbonyl (C=O) groups excluding carboxylic acids is 1. The third-order valence-corrected chi connectivity index (χ3v) is 3.15. The summed E-state index contributed by atoms with van der Waals surface area (Å²) in [6, 6.07) is 5.14. The molecule has 0 fully saturated rings. The lowest BCUT2D eigenvalue weighted by atomic mass is 10.3. The summed E-state index contributed by atoms with van der Waals surface area (Å²) in [7, 11) is 1.81. The maximum absolute atomic E-state index is 12.1. The summed E-state index contributed by atoms with van der Waals surface area (Å²) >= 11 is 9.10. The highest BCUT2D eigenvalue weighted by atomic mass is 79.9. The van der Waals surface area contributed by atoms with Gasteiger partial charge in [0, 0.05) is 17.7 Å². The van der Waals surface area contributed by atoms with E-state index in [1.807, 2.05) is 13.2 Å². The highest BCUT2D eigenvalue weighted by Gasteiger charge is 2.12. The van der Waals surface area contributed by atoms with Crippen LogP contribution in [0.15, 0.2) is 28.9 Å². The first-order valence-electron chi connectivity index (χ1n) is 5.24. The number of rotatable bonds is 2. The van der Waals surface area contributed by atoms with Crippen molar-refractivity contribution in [2.75, 3.05) is 5.32 Å². The Hall–Kier alpha value is -1.33. The lowest BCUT2D eigenvalue weighted by Gasteiger charge is -2.08. The SMILES string of the molecule is Cc1nc(Cl)ccc1NC(=O)c1cc(Br)cn1C. The van der Waals surface area contributed by atoms with E-state index in [9.17, 15) is 4.79 Å². The van der Waals surface area contributed by atoms with Gasteiger partial charge < -0.3 is 9.88 Å². The van der Waals surface area contributed by atoms with Gasteiger partial charge in [0.05, 0.1) is 11.4 Å². The summed E-state index contributed by atoms with van der Waals surface area (Å²) in [4.78, 5) is 16.2. The monoisotopic (exact) mass is 327 g/mol. The number of anilines is 1. The van der Waals surface area contributed by atoms with Crippen LogP contribution < -0.4 is 5.32 Å². The minimum atomic E-state index is -0.185. The number of hydrogen-bond donors (Lipinski definition) is 1. The number of pyridine rings is 1. The summed E-state index contributed by atoms with van der Waals surface area (Å²) in [5.41, 5.74) is 1.90. The van der Waals surface area contributed by atoms with Gasteiger partial charge in [0.15, 0.2) is 0 Å². The molecule has 2 rings (SSSR count). The Morgan fingerprint density at radius 2 is 2.22 bits per heavy atom. The maximum Gasteiger partial charge on any atom is 0.272 e. The van der Waals surface area contributed by atoms with E-state index in [4.69, 9.17) is 11.6 Å². The zero-order valence-electron chi connectivity index (χ0n) is 9.87. The lowest BCUT2D eigenvalue weighted by Crippen LogP contribution is -2.16. The normalized spacial score (nSPS) is 10.4. The molecule has 2 heterocycles. The summed E-state index contributed by atoms with van der Waals surface area (Å²) in [5, 5.41) is 3.22. The largest absolute Gasteiger partial charge is 0.345 e. The smallest absolute Gasteiger partial charge is 0.272 e. The molecule has 4 nitrogen and oxygen atoms in total. The minimum Gasteiger partial charge on any atom is -0.345 e. The first-order valence-corrected chi connectivity index (χ1v) is 6.41. The average Bonchev–Trinajstić information content (AvgIpc) is 2.62. The maximum atomic E-state index is 12.1. The van der Waals surface area contributed by atoms with E-state index in [0.29, 0.717) is 22.2 Å². The second-order valence-corrected chi connectivity index (χ2v) is 5.18. The molecule has 0 aromatic carbocycles. The summed E-state index contributed by atoms with van der Waals surface area (Å²) < 4.78 is 2.61. The molecule has 0 atom stereocenters. The van der Waals surface area contributed by atoms with Crippen molar-refractivity contribution in [3.63, 3.8) is 0 Å². The fourth-order valence-corrected chi connectivity index (χ4v) is 2.31. The number of carbonyl (C=O) groups is 1. The Bertz CT molecular complexity index is 609. The molecule has 0 aliphatic carbocycles. The summed E-state index contributed by atoms with van der Waals surface area (Å²) in [6.45, 7) is 1.79. The van der Waals surface area contributed by atoms with Gasteiger partial charge >= 0.3 is 0 Å². The van der Waals surface area contributed by atoms with E-state index in [2.05, 4.69) is 26.2 Å². The van der Waals surface area contributed by atoms with Gasteiger partial charge in [-0.05, 0) is 41.1 Å². The first kappa shape index (κ1) is 13.1. The number of halogens is 2. The predicted molar refractivity (Wildman–Crippen MR) is 75.1 cm³/mol. The Kier molecular flexibility index (Phi) is 3.73. The molecule has 0 spiro atoms. The molecule has 94 valence electrons. The van der Waals surface area contributed by atoms with Crippen molar-refractivity contribution < 1.29 is 4.79 Å². The predicted octanol–water partition coefficient (Wildman–Crippen LogP) is 3.40. The van der Waals surface area contributed by atoms with Gasteiger partial charge in [-0.2, -0.15) is 0 Å². The Morgan fingerprint density at radius 3 is 2.78 bits per heavy atom. The highest BCUT2D eigenvalue weighted by Crippen LogP contribution is 2.18. The third-order valence-electron chi connectivity index (χ3n) is 2.50. The van der Waals surface area contributed by atoms with Gasteiger partial charge in [-0.1, -0.05) is 11.6 Å². The molecule has 0 bridgehead atoms. The second kappa shape index (κ2) is 5.12. The molecule has 0 unspecified atom stereocenters. The summed E-state index contributed by atoms with van der Waals surface area (Å²) in [5.74, 6) is -0.185. The zero-order chi connectivity index (χ0) is 13.3. The molecule has 0 saturated heterocycles. The number of aromatic nitrogens is 2. The molecular weight excluding hydrogens is 318 g/mol. The van der Waals surface area contributed by atoms with Crippen LogP contribution in [-0.2, 0) is 7.05 Å². The number of nitrogens with zero attached hydrogens (tertiary/aromatic N) is 2.